The molecule has 2 aliphatic rings. The molecule has 0 bridgehead atoms. The van der Waals surface area contributed by atoms with Crippen molar-refractivity contribution in [2.24, 2.45) is 0 Å². The van der Waals surface area contributed by atoms with Crippen LogP contribution in [-0.4, -0.2) is 72.7 Å². The van der Waals surface area contributed by atoms with E-state index < -0.39 is 10.2 Å². The number of benzene rings is 1. The first-order valence-corrected chi connectivity index (χ1v) is 11.8. The van der Waals surface area contributed by atoms with Gasteiger partial charge >= 0.3 is 0 Å². The highest BCUT2D eigenvalue weighted by Gasteiger charge is 2.35. The Morgan fingerprint density at radius 3 is 2.65 bits per heavy atom. The van der Waals surface area contributed by atoms with Crippen LogP contribution in [0.3, 0.4) is 0 Å². The van der Waals surface area contributed by atoms with E-state index in [9.17, 15) is 13.2 Å². The van der Waals surface area contributed by atoms with Gasteiger partial charge in [-0.3, -0.25) is 9.69 Å². The highest BCUT2D eigenvalue weighted by atomic mass is 32.2. The average molecular weight is 448 g/mol. The number of aromatic amines is 1. The Balaban J connectivity index is 1.50. The number of nitrogens with zero attached hydrogens (tertiary/aromatic N) is 4. The summed E-state index contributed by atoms with van der Waals surface area (Å²) in [6, 6.07) is 7.98. The molecular formula is C21H29N5O4S. The number of nitrogens with one attached hydrogen (secondary N) is 1. The Labute approximate surface area is 182 Å². The molecule has 2 aromatic rings. The summed E-state index contributed by atoms with van der Waals surface area (Å²) in [6.45, 7) is 2.92. The van der Waals surface area contributed by atoms with Crippen molar-refractivity contribution in [1.29, 1.82) is 0 Å². The fraction of sp³-hybridized carbons (Fsp3) is 0.524. The van der Waals surface area contributed by atoms with E-state index >= 15 is 0 Å². The van der Waals surface area contributed by atoms with Gasteiger partial charge in [0, 0.05) is 58.3 Å². The Bertz CT molecular complexity index is 1100. The number of rotatable bonds is 6. The van der Waals surface area contributed by atoms with Crippen molar-refractivity contribution in [3.05, 3.63) is 57.3 Å². The third-order valence-electron chi connectivity index (χ3n) is 6.06. The van der Waals surface area contributed by atoms with Crippen LogP contribution in [0.4, 0.5) is 0 Å². The van der Waals surface area contributed by atoms with Crippen molar-refractivity contribution in [2.45, 2.75) is 31.8 Å². The van der Waals surface area contributed by atoms with Crippen molar-refractivity contribution in [3.63, 3.8) is 0 Å². The van der Waals surface area contributed by atoms with Gasteiger partial charge in [0.2, 0.25) is 0 Å². The highest BCUT2D eigenvalue weighted by Crippen LogP contribution is 2.28. The zero-order valence-corrected chi connectivity index (χ0v) is 19.0. The molecule has 1 atom stereocenters. The quantitative estimate of drug-likeness (QED) is 0.708. The largest absolute Gasteiger partial charge is 0.497 e. The molecule has 0 saturated carbocycles. The molecule has 1 aromatic heterocycles. The molecule has 1 fully saturated rings. The van der Waals surface area contributed by atoms with Crippen LogP contribution in [0.25, 0.3) is 0 Å². The molecule has 1 aromatic carbocycles. The van der Waals surface area contributed by atoms with E-state index in [1.54, 1.807) is 7.11 Å². The first kappa shape index (κ1) is 21.9. The molecule has 0 spiro atoms. The first-order chi connectivity index (χ1) is 14.8. The number of hydrogen-bond donors (Lipinski definition) is 1. The van der Waals surface area contributed by atoms with Crippen LogP contribution >= 0.6 is 0 Å². The van der Waals surface area contributed by atoms with E-state index in [4.69, 9.17) is 9.72 Å². The van der Waals surface area contributed by atoms with Crippen molar-refractivity contribution < 1.29 is 13.2 Å². The predicted molar refractivity (Wildman–Crippen MR) is 117 cm³/mol. The average Bonchev–Trinajstić information content (AvgIpc) is 3.25. The standard InChI is InChI=1S/C21H29N5O4S/c1-24(2)31(28,29)26-11-8-16(13-26)20-22-19-14-25(10-9-18(19)21(27)23-20)12-15-4-6-17(30-3)7-5-15/h4-7,16H,8-14H2,1-3H3,(H,22,23,27). The fourth-order valence-corrected chi connectivity index (χ4v) is 5.39. The number of aromatic nitrogens is 2. The normalized spacial score (nSPS) is 20.2. The lowest BCUT2D eigenvalue weighted by Crippen LogP contribution is -2.38. The van der Waals surface area contributed by atoms with Crippen LogP contribution in [0.2, 0.25) is 0 Å². The molecule has 31 heavy (non-hydrogen) atoms. The molecular weight excluding hydrogens is 418 g/mol. The van der Waals surface area contributed by atoms with E-state index in [0.717, 1.165) is 30.1 Å². The summed E-state index contributed by atoms with van der Waals surface area (Å²) in [5, 5.41) is 0. The van der Waals surface area contributed by atoms with Gasteiger partial charge in [-0.15, -0.1) is 0 Å². The number of methoxy groups -OCH3 is 1. The van der Waals surface area contributed by atoms with Crippen molar-refractivity contribution >= 4 is 10.2 Å². The van der Waals surface area contributed by atoms with Crippen molar-refractivity contribution in [1.82, 2.24) is 23.5 Å². The second-order valence-corrected chi connectivity index (χ2v) is 10.5. The molecule has 9 nitrogen and oxygen atoms in total. The lowest BCUT2D eigenvalue weighted by Gasteiger charge is -2.28. The van der Waals surface area contributed by atoms with Gasteiger partial charge in [-0.2, -0.15) is 17.0 Å². The highest BCUT2D eigenvalue weighted by molar-refractivity contribution is 7.86. The molecule has 1 N–H and O–H groups in total. The van der Waals surface area contributed by atoms with Gasteiger partial charge in [0.1, 0.15) is 11.6 Å². The zero-order valence-electron chi connectivity index (χ0n) is 18.2. The molecule has 0 aliphatic carbocycles. The molecule has 2 aliphatic heterocycles. The Morgan fingerprint density at radius 2 is 1.97 bits per heavy atom. The van der Waals surface area contributed by atoms with Crippen molar-refractivity contribution in [3.8, 4) is 5.75 Å². The Morgan fingerprint density at radius 1 is 1.23 bits per heavy atom. The minimum absolute atomic E-state index is 0.0991. The maximum Gasteiger partial charge on any atom is 0.281 e. The number of ether oxygens (including phenoxy) is 1. The molecule has 1 unspecified atom stereocenters. The number of fused-ring (bicyclic) bond motifs is 1. The van der Waals surface area contributed by atoms with E-state index in [1.807, 2.05) is 24.3 Å². The summed E-state index contributed by atoms with van der Waals surface area (Å²) in [6.07, 6.45) is 1.30. The van der Waals surface area contributed by atoms with Crippen LogP contribution in [0, 0.1) is 0 Å². The van der Waals surface area contributed by atoms with Gasteiger partial charge in [-0.1, -0.05) is 12.1 Å². The van der Waals surface area contributed by atoms with Crippen LogP contribution in [0.1, 0.15) is 35.0 Å². The van der Waals surface area contributed by atoms with Gasteiger partial charge < -0.3 is 9.72 Å². The summed E-state index contributed by atoms with van der Waals surface area (Å²) in [7, 11) is 1.24. The van der Waals surface area contributed by atoms with Gasteiger partial charge in [0.15, 0.2) is 0 Å². The minimum atomic E-state index is -3.46. The van der Waals surface area contributed by atoms with Crippen LogP contribution < -0.4 is 10.3 Å². The lowest BCUT2D eigenvalue weighted by molar-refractivity contribution is 0.239. The predicted octanol–water partition coefficient (Wildman–Crippen LogP) is 0.933. The minimum Gasteiger partial charge on any atom is -0.497 e. The molecule has 0 amide bonds. The van der Waals surface area contributed by atoms with E-state index in [0.29, 0.717) is 38.3 Å². The maximum atomic E-state index is 12.7. The molecule has 168 valence electrons. The van der Waals surface area contributed by atoms with E-state index in [2.05, 4.69) is 9.88 Å². The second kappa shape index (κ2) is 8.70. The number of H-pyrrole nitrogens is 1. The van der Waals surface area contributed by atoms with Crippen LogP contribution in [0.5, 0.6) is 5.75 Å². The van der Waals surface area contributed by atoms with Gasteiger partial charge in [-0.05, 0) is 30.5 Å². The molecule has 3 heterocycles. The molecule has 10 heteroatoms. The number of hydrogen-bond acceptors (Lipinski definition) is 6. The monoisotopic (exact) mass is 447 g/mol. The van der Waals surface area contributed by atoms with Crippen molar-refractivity contribution in [2.75, 3.05) is 40.8 Å². The maximum absolute atomic E-state index is 12.7. The van der Waals surface area contributed by atoms with Crippen LogP contribution in [0.15, 0.2) is 29.1 Å². The summed E-state index contributed by atoms with van der Waals surface area (Å²) in [5.41, 5.74) is 2.62. The van der Waals surface area contributed by atoms with E-state index in [-0.39, 0.29) is 11.5 Å². The van der Waals surface area contributed by atoms with Gasteiger partial charge in [0.25, 0.3) is 15.8 Å². The smallest absolute Gasteiger partial charge is 0.281 e. The van der Waals surface area contributed by atoms with Crippen LogP contribution in [-0.2, 0) is 29.7 Å². The third-order valence-corrected chi connectivity index (χ3v) is 7.97. The first-order valence-electron chi connectivity index (χ1n) is 10.4. The SMILES string of the molecule is COc1ccc(CN2CCc3c(nc(C4CCN(S(=O)(=O)N(C)C)C4)[nH]c3=O)C2)cc1. The van der Waals surface area contributed by atoms with Gasteiger partial charge in [-0.25, -0.2) is 4.98 Å². The lowest BCUT2D eigenvalue weighted by atomic mass is 10.0. The fourth-order valence-electron chi connectivity index (χ4n) is 4.22. The summed E-state index contributed by atoms with van der Waals surface area (Å²) < 4.78 is 32.7. The Kier molecular flexibility index (Phi) is 6.16. The molecule has 0 radical (unpaired) electrons. The molecule has 1 saturated heterocycles. The third kappa shape index (κ3) is 4.52. The van der Waals surface area contributed by atoms with Gasteiger partial charge in [0.05, 0.1) is 12.8 Å². The Hall–Kier alpha value is -2.27. The topological polar surface area (TPSA) is 98.8 Å². The molecule has 4 rings (SSSR count). The van der Waals surface area contributed by atoms with E-state index in [1.165, 1.54) is 28.3 Å². The second-order valence-electron chi connectivity index (χ2n) is 8.32. The zero-order chi connectivity index (χ0) is 22.2. The summed E-state index contributed by atoms with van der Waals surface area (Å²) >= 11 is 0. The summed E-state index contributed by atoms with van der Waals surface area (Å²) in [5.74, 6) is 1.31. The summed E-state index contributed by atoms with van der Waals surface area (Å²) in [4.78, 5) is 22.7.